The molecule has 0 saturated carbocycles. The van der Waals surface area contributed by atoms with Crippen molar-refractivity contribution < 1.29 is 18.0 Å². The third-order valence-electron chi connectivity index (χ3n) is 3.50. The van der Waals surface area contributed by atoms with Crippen LogP contribution in [0, 0.1) is 6.92 Å². The van der Waals surface area contributed by atoms with Crippen molar-refractivity contribution in [3.63, 3.8) is 0 Å². The minimum absolute atomic E-state index is 0.121. The number of carbonyl (C=O) groups excluding carboxylic acids is 1. The van der Waals surface area contributed by atoms with Crippen LogP contribution in [0.1, 0.15) is 26.8 Å². The van der Waals surface area contributed by atoms with Gasteiger partial charge in [-0.2, -0.15) is 13.2 Å². The Morgan fingerprint density at radius 2 is 1.96 bits per heavy atom. The molecule has 3 rings (SSSR count). The Morgan fingerprint density at radius 1 is 1.28 bits per heavy atom. The van der Waals surface area contributed by atoms with Gasteiger partial charge < -0.3 is 5.32 Å². The van der Waals surface area contributed by atoms with E-state index in [2.05, 4.69) is 4.98 Å². The number of aromatic nitrogens is 2. The van der Waals surface area contributed by atoms with E-state index in [1.165, 1.54) is 41.8 Å². The molecule has 0 bridgehead atoms. The van der Waals surface area contributed by atoms with Gasteiger partial charge in [0.1, 0.15) is 5.56 Å². The van der Waals surface area contributed by atoms with E-state index in [1.807, 2.05) is 5.32 Å². The van der Waals surface area contributed by atoms with Crippen LogP contribution in [0.4, 0.5) is 13.2 Å². The number of hydrogen-bond acceptors (Lipinski definition) is 4. The highest BCUT2D eigenvalue weighted by Crippen LogP contribution is 2.32. The highest BCUT2D eigenvalue weighted by atomic mass is 32.1. The fourth-order valence-corrected chi connectivity index (χ4v) is 3.15. The summed E-state index contributed by atoms with van der Waals surface area (Å²) in [5.41, 5.74) is -1.27. The molecule has 0 fully saturated rings. The number of rotatable bonds is 3. The second kappa shape index (κ2) is 6.32. The zero-order valence-electron chi connectivity index (χ0n) is 12.9. The van der Waals surface area contributed by atoms with Gasteiger partial charge >= 0.3 is 6.18 Å². The van der Waals surface area contributed by atoms with Crippen molar-refractivity contribution in [2.24, 2.45) is 0 Å². The van der Waals surface area contributed by atoms with Gasteiger partial charge in [0.15, 0.2) is 11.0 Å². The third-order valence-corrected chi connectivity index (χ3v) is 4.41. The number of aryl methyl sites for hydroxylation is 1. The van der Waals surface area contributed by atoms with Gasteiger partial charge in [-0.25, -0.2) is 4.98 Å². The number of amides is 1. The van der Waals surface area contributed by atoms with Crippen LogP contribution in [-0.2, 0) is 0 Å². The summed E-state index contributed by atoms with van der Waals surface area (Å²) in [6.45, 7) is 1.76. The molecule has 3 aromatic rings. The monoisotopic (exact) mass is 367 g/mol. The molecule has 1 atom stereocenters. The number of benzene rings is 1. The first kappa shape index (κ1) is 17.2. The summed E-state index contributed by atoms with van der Waals surface area (Å²) >= 11 is 1.24. The summed E-state index contributed by atoms with van der Waals surface area (Å²) in [7, 11) is 0. The van der Waals surface area contributed by atoms with Crippen LogP contribution in [0.5, 0.6) is 0 Å². The SMILES string of the molecule is Cc1cn2c(=O)c(C(=O)NC(c3ccccc3)C(F)(F)F)cnc2s1. The van der Waals surface area contributed by atoms with E-state index in [4.69, 9.17) is 0 Å². The average molecular weight is 367 g/mol. The summed E-state index contributed by atoms with van der Waals surface area (Å²) < 4.78 is 41.1. The summed E-state index contributed by atoms with van der Waals surface area (Å²) in [6, 6.07) is 4.75. The molecule has 130 valence electrons. The number of thiazole rings is 1. The number of nitrogens with one attached hydrogen (secondary N) is 1. The van der Waals surface area contributed by atoms with Crippen LogP contribution in [-0.4, -0.2) is 21.5 Å². The Hall–Kier alpha value is -2.68. The Bertz CT molecular complexity index is 980. The lowest BCUT2D eigenvalue weighted by molar-refractivity contribution is -0.155. The van der Waals surface area contributed by atoms with Crippen molar-refractivity contribution in [3.8, 4) is 0 Å². The topological polar surface area (TPSA) is 63.5 Å². The third kappa shape index (κ3) is 3.41. The Kier molecular flexibility index (Phi) is 4.34. The Labute approximate surface area is 143 Å². The van der Waals surface area contributed by atoms with Gasteiger partial charge in [-0.15, -0.1) is 11.3 Å². The fraction of sp³-hybridized carbons (Fsp3) is 0.188. The predicted octanol–water partition coefficient (Wildman–Crippen LogP) is 3.10. The molecule has 2 heterocycles. The Morgan fingerprint density at radius 3 is 2.60 bits per heavy atom. The van der Waals surface area contributed by atoms with E-state index in [9.17, 15) is 22.8 Å². The molecule has 0 aliphatic carbocycles. The highest BCUT2D eigenvalue weighted by Gasteiger charge is 2.42. The van der Waals surface area contributed by atoms with Gasteiger partial charge in [0.05, 0.1) is 0 Å². The number of halogens is 3. The van der Waals surface area contributed by atoms with Gasteiger partial charge in [-0.3, -0.25) is 14.0 Å². The van der Waals surface area contributed by atoms with Crippen molar-refractivity contribution in [2.45, 2.75) is 19.1 Å². The van der Waals surface area contributed by atoms with E-state index in [0.29, 0.717) is 4.96 Å². The maximum Gasteiger partial charge on any atom is 0.412 e. The van der Waals surface area contributed by atoms with Crippen LogP contribution >= 0.6 is 11.3 Å². The zero-order valence-corrected chi connectivity index (χ0v) is 13.7. The number of hydrogen-bond donors (Lipinski definition) is 1. The van der Waals surface area contributed by atoms with Crippen molar-refractivity contribution in [2.75, 3.05) is 0 Å². The van der Waals surface area contributed by atoms with Crippen LogP contribution in [0.3, 0.4) is 0 Å². The summed E-state index contributed by atoms with van der Waals surface area (Å²) in [5.74, 6) is -1.12. The number of alkyl halides is 3. The molecular formula is C16H12F3N3O2S. The molecule has 1 amide bonds. The van der Waals surface area contributed by atoms with Crippen molar-refractivity contribution >= 4 is 22.2 Å². The lowest BCUT2D eigenvalue weighted by Crippen LogP contribution is -2.40. The minimum Gasteiger partial charge on any atom is -0.336 e. The number of nitrogens with zero attached hydrogens (tertiary/aromatic N) is 2. The molecule has 0 aliphatic heterocycles. The second-order valence-electron chi connectivity index (χ2n) is 5.33. The van der Waals surface area contributed by atoms with E-state index in [-0.39, 0.29) is 5.56 Å². The second-order valence-corrected chi connectivity index (χ2v) is 6.54. The van der Waals surface area contributed by atoms with Crippen LogP contribution in [0.15, 0.2) is 47.5 Å². The highest BCUT2D eigenvalue weighted by molar-refractivity contribution is 7.16. The molecule has 1 aromatic carbocycles. The molecule has 9 heteroatoms. The number of fused-ring (bicyclic) bond motifs is 1. The standard InChI is InChI=1S/C16H12F3N3O2S/c1-9-8-22-14(24)11(7-20-15(22)25-9)13(23)21-12(16(17,18)19)10-5-3-2-4-6-10/h2-8,12H,1H3,(H,21,23). The summed E-state index contributed by atoms with van der Waals surface area (Å²) in [6.07, 6.45) is -2.21. The van der Waals surface area contributed by atoms with E-state index in [0.717, 1.165) is 15.5 Å². The van der Waals surface area contributed by atoms with Gasteiger partial charge in [0.25, 0.3) is 11.5 Å². The molecule has 1 N–H and O–H groups in total. The molecule has 0 aliphatic rings. The lowest BCUT2D eigenvalue weighted by atomic mass is 10.1. The van der Waals surface area contributed by atoms with E-state index < -0.39 is 29.2 Å². The van der Waals surface area contributed by atoms with Crippen molar-refractivity contribution in [1.82, 2.24) is 14.7 Å². The molecule has 1 unspecified atom stereocenters. The van der Waals surface area contributed by atoms with Crippen LogP contribution < -0.4 is 10.9 Å². The first-order chi connectivity index (χ1) is 11.8. The fourth-order valence-electron chi connectivity index (χ4n) is 2.36. The van der Waals surface area contributed by atoms with Crippen LogP contribution in [0.2, 0.25) is 0 Å². The largest absolute Gasteiger partial charge is 0.412 e. The summed E-state index contributed by atoms with van der Waals surface area (Å²) in [4.78, 5) is 29.8. The lowest BCUT2D eigenvalue weighted by Gasteiger charge is -2.21. The summed E-state index contributed by atoms with van der Waals surface area (Å²) in [5, 5.41) is 1.89. The molecule has 0 saturated heterocycles. The van der Waals surface area contributed by atoms with Crippen molar-refractivity contribution in [3.05, 3.63) is 69.1 Å². The van der Waals surface area contributed by atoms with Gasteiger partial charge in [-0.05, 0) is 12.5 Å². The number of carbonyl (C=O) groups is 1. The normalized spacial score (nSPS) is 13.0. The maximum absolute atomic E-state index is 13.3. The van der Waals surface area contributed by atoms with Gasteiger partial charge in [0, 0.05) is 17.3 Å². The smallest absolute Gasteiger partial charge is 0.336 e. The molecule has 0 spiro atoms. The molecule has 0 radical (unpaired) electrons. The minimum atomic E-state index is -4.70. The predicted molar refractivity (Wildman–Crippen MR) is 86.8 cm³/mol. The maximum atomic E-state index is 13.3. The Balaban J connectivity index is 1.97. The zero-order chi connectivity index (χ0) is 18.2. The average Bonchev–Trinajstić information content (AvgIpc) is 2.94. The molecular weight excluding hydrogens is 355 g/mol. The first-order valence-corrected chi connectivity index (χ1v) is 7.99. The van der Waals surface area contributed by atoms with Gasteiger partial charge in [0.2, 0.25) is 0 Å². The van der Waals surface area contributed by atoms with Crippen molar-refractivity contribution in [1.29, 1.82) is 0 Å². The molecule has 25 heavy (non-hydrogen) atoms. The molecule has 2 aromatic heterocycles. The quantitative estimate of drug-likeness (QED) is 0.774. The van der Waals surface area contributed by atoms with E-state index >= 15 is 0 Å². The first-order valence-electron chi connectivity index (χ1n) is 7.17. The van der Waals surface area contributed by atoms with Gasteiger partial charge in [-0.1, -0.05) is 30.3 Å². The van der Waals surface area contributed by atoms with Crippen LogP contribution in [0.25, 0.3) is 4.96 Å². The molecule has 5 nitrogen and oxygen atoms in total. The van der Waals surface area contributed by atoms with E-state index in [1.54, 1.807) is 13.0 Å².